The second-order valence-electron chi connectivity index (χ2n) is 5.68. The summed E-state index contributed by atoms with van der Waals surface area (Å²) in [5.41, 5.74) is 0. The van der Waals surface area contributed by atoms with Gasteiger partial charge in [-0.05, 0) is 37.8 Å². The minimum Gasteiger partial charge on any atom is -0.478 e. The van der Waals surface area contributed by atoms with Crippen LogP contribution >= 0.6 is 0 Å². The number of carbonyl (C=O) groups excluding carboxylic acids is 1. The van der Waals surface area contributed by atoms with Crippen molar-refractivity contribution in [3.05, 3.63) is 48.6 Å². The predicted molar refractivity (Wildman–Crippen MR) is 97.8 cm³/mol. The molecule has 2 N–H and O–H groups in total. The first kappa shape index (κ1) is 22.1. The van der Waals surface area contributed by atoms with Gasteiger partial charge in [-0.15, -0.1) is 0 Å². The van der Waals surface area contributed by atoms with Gasteiger partial charge in [0, 0.05) is 6.08 Å². The lowest BCUT2D eigenvalue weighted by atomic mass is 10.0. The number of carboxylic acids is 1. The fourth-order valence-corrected chi connectivity index (χ4v) is 2.09. The van der Waals surface area contributed by atoms with Crippen LogP contribution in [-0.4, -0.2) is 28.1 Å². The first-order valence-corrected chi connectivity index (χ1v) is 8.69. The van der Waals surface area contributed by atoms with Gasteiger partial charge >= 0.3 is 5.97 Å². The molecular weight excluding hydrogens is 304 g/mol. The predicted octanol–water partition coefficient (Wildman–Crippen LogP) is 4.37. The smallest absolute Gasteiger partial charge is 0.328 e. The molecule has 24 heavy (non-hydrogen) atoms. The van der Waals surface area contributed by atoms with Crippen LogP contribution in [-0.2, 0) is 9.59 Å². The Morgan fingerprint density at radius 3 is 2.12 bits per heavy atom. The number of aliphatic hydroxyl groups excluding tert-OH is 1. The third-order valence-electron chi connectivity index (χ3n) is 3.41. The van der Waals surface area contributed by atoms with Crippen molar-refractivity contribution < 1.29 is 19.8 Å². The van der Waals surface area contributed by atoms with E-state index >= 15 is 0 Å². The van der Waals surface area contributed by atoms with E-state index in [4.69, 9.17) is 5.11 Å². The number of allylic oxidation sites excluding steroid dienone is 7. The first-order valence-electron chi connectivity index (χ1n) is 8.69. The van der Waals surface area contributed by atoms with Gasteiger partial charge in [0.25, 0.3) is 0 Å². The van der Waals surface area contributed by atoms with E-state index in [9.17, 15) is 14.7 Å². The maximum atomic E-state index is 11.5. The molecule has 134 valence electrons. The summed E-state index contributed by atoms with van der Waals surface area (Å²) >= 11 is 0. The van der Waals surface area contributed by atoms with Gasteiger partial charge in [0.2, 0.25) is 0 Å². The zero-order valence-corrected chi connectivity index (χ0v) is 14.6. The van der Waals surface area contributed by atoms with E-state index in [0.717, 1.165) is 44.6 Å². The average Bonchev–Trinajstić information content (AvgIpc) is 2.54. The molecule has 0 saturated heterocycles. The van der Waals surface area contributed by atoms with Gasteiger partial charge in [0.1, 0.15) is 0 Å². The van der Waals surface area contributed by atoms with Crippen molar-refractivity contribution in [3.8, 4) is 0 Å². The fraction of sp³-hybridized carbons (Fsp3) is 0.500. The molecule has 0 aliphatic carbocycles. The lowest BCUT2D eigenvalue weighted by molar-refractivity contribution is -0.131. The lowest BCUT2D eigenvalue weighted by Gasteiger charge is -2.09. The van der Waals surface area contributed by atoms with Crippen LogP contribution in [0.15, 0.2) is 48.6 Å². The van der Waals surface area contributed by atoms with E-state index < -0.39 is 5.97 Å². The minimum absolute atomic E-state index is 0.0959. The lowest BCUT2D eigenvalue weighted by Crippen LogP contribution is -2.05. The number of rotatable bonds is 14. The van der Waals surface area contributed by atoms with Gasteiger partial charge in [-0.2, -0.15) is 0 Å². The van der Waals surface area contributed by atoms with E-state index in [1.807, 2.05) is 6.08 Å². The molecule has 0 fully saturated rings. The summed E-state index contributed by atoms with van der Waals surface area (Å²) in [7, 11) is 0. The molecule has 0 aromatic carbocycles. The molecule has 4 heteroatoms. The van der Waals surface area contributed by atoms with E-state index in [1.165, 1.54) is 31.1 Å². The highest BCUT2D eigenvalue weighted by atomic mass is 16.4. The van der Waals surface area contributed by atoms with Crippen LogP contribution in [0, 0.1) is 0 Å². The Balaban J connectivity index is 3.72. The summed E-state index contributed by atoms with van der Waals surface area (Å²) in [6.07, 6.45) is 19.7. The van der Waals surface area contributed by atoms with E-state index in [1.54, 1.807) is 18.2 Å². The summed E-state index contributed by atoms with van der Waals surface area (Å²) in [4.78, 5) is 21.7. The summed E-state index contributed by atoms with van der Waals surface area (Å²) in [5, 5.41) is 18.2. The number of carboxylic acid groups (broad SMARTS) is 1. The van der Waals surface area contributed by atoms with Crippen molar-refractivity contribution >= 4 is 11.8 Å². The highest BCUT2D eigenvalue weighted by molar-refractivity contribution is 5.99. The third-order valence-corrected chi connectivity index (χ3v) is 3.41. The number of aliphatic carboxylic acids is 1. The maximum Gasteiger partial charge on any atom is 0.328 e. The van der Waals surface area contributed by atoms with Gasteiger partial charge in [0.05, 0.1) is 6.10 Å². The molecule has 0 aromatic rings. The number of carbonyl (C=O) groups is 2. The molecule has 4 nitrogen and oxygen atoms in total. The summed E-state index contributed by atoms with van der Waals surface area (Å²) in [6, 6.07) is 0. The molecule has 0 aliphatic rings. The van der Waals surface area contributed by atoms with Crippen LogP contribution in [0.4, 0.5) is 0 Å². The SMILES string of the molecule is CCCCCC(O)CCCCC=CC(=O)C=CC=CC=CC(=O)O. The zero-order chi connectivity index (χ0) is 18.0. The molecule has 0 bridgehead atoms. The average molecular weight is 334 g/mol. The van der Waals surface area contributed by atoms with Gasteiger partial charge < -0.3 is 10.2 Å². The minimum atomic E-state index is -1.00. The standard InChI is InChI=1S/C20H30O4/c1-2-3-8-13-18(21)14-9-4-5-10-15-19(22)16-11-6-7-12-17-20(23)24/h6-7,10-12,15-18,21H,2-5,8-9,13-14H2,1H3,(H,23,24). The first-order chi connectivity index (χ1) is 11.6. The van der Waals surface area contributed by atoms with Crippen LogP contribution < -0.4 is 0 Å². The monoisotopic (exact) mass is 334 g/mol. The Labute approximate surface area is 145 Å². The second kappa shape index (κ2) is 15.9. The van der Waals surface area contributed by atoms with Crippen molar-refractivity contribution in [3.63, 3.8) is 0 Å². The fourth-order valence-electron chi connectivity index (χ4n) is 2.09. The van der Waals surface area contributed by atoms with E-state index in [-0.39, 0.29) is 11.9 Å². The number of hydrogen-bond acceptors (Lipinski definition) is 3. The highest BCUT2D eigenvalue weighted by Gasteiger charge is 2.02. The topological polar surface area (TPSA) is 74.6 Å². The second-order valence-corrected chi connectivity index (χ2v) is 5.68. The molecule has 0 radical (unpaired) electrons. The molecule has 0 amide bonds. The summed E-state index contributed by atoms with van der Waals surface area (Å²) in [5.74, 6) is -1.10. The summed E-state index contributed by atoms with van der Waals surface area (Å²) in [6.45, 7) is 2.15. The Bertz CT molecular complexity index is 458. The van der Waals surface area contributed by atoms with Crippen molar-refractivity contribution in [1.29, 1.82) is 0 Å². The molecule has 1 atom stereocenters. The Morgan fingerprint density at radius 1 is 0.875 bits per heavy atom. The Kier molecular flexibility index (Phi) is 14.6. The molecule has 0 aromatic heterocycles. The maximum absolute atomic E-state index is 11.5. The molecule has 0 rings (SSSR count). The molecule has 1 unspecified atom stereocenters. The molecule has 0 saturated carbocycles. The van der Waals surface area contributed by atoms with Crippen molar-refractivity contribution in [1.82, 2.24) is 0 Å². The largest absolute Gasteiger partial charge is 0.478 e. The van der Waals surface area contributed by atoms with Crippen molar-refractivity contribution in [2.75, 3.05) is 0 Å². The summed E-state index contributed by atoms with van der Waals surface area (Å²) < 4.78 is 0. The number of aliphatic hydroxyl groups is 1. The van der Waals surface area contributed by atoms with Crippen LogP contribution in [0.2, 0.25) is 0 Å². The zero-order valence-electron chi connectivity index (χ0n) is 14.6. The molecule has 0 spiro atoms. The van der Waals surface area contributed by atoms with Crippen LogP contribution in [0.5, 0.6) is 0 Å². The van der Waals surface area contributed by atoms with Crippen molar-refractivity contribution in [2.45, 2.75) is 64.4 Å². The quantitative estimate of drug-likeness (QED) is 0.281. The van der Waals surface area contributed by atoms with Crippen LogP contribution in [0.3, 0.4) is 0 Å². The van der Waals surface area contributed by atoms with Crippen LogP contribution in [0.1, 0.15) is 58.3 Å². The van der Waals surface area contributed by atoms with Gasteiger partial charge in [-0.3, -0.25) is 4.79 Å². The highest BCUT2D eigenvalue weighted by Crippen LogP contribution is 2.10. The van der Waals surface area contributed by atoms with Gasteiger partial charge in [-0.1, -0.05) is 63.0 Å². The third kappa shape index (κ3) is 16.4. The van der Waals surface area contributed by atoms with E-state index in [2.05, 4.69) is 6.92 Å². The van der Waals surface area contributed by atoms with Gasteiger partial charge in [-0.25, -0.2) is 4.79 Å². The number of ketones is 1. The van der Waals surface area contributed by atoms with Gasteiger partial charge in [0.15, 0.2) is 5.78 Å². The normalized spacial score (nSPS) is 13.6. The Hall–Kier alpha value is -1.94. The molecule has 0 aliphatic heterocycles. The molecular formula is C20H30O4. The van der Waals surface area contributed by atoms with Crippen molar-refractivity contribution in [2.24, 2.45) is 0 Å². The Morgan fingerprint density at radius 2 is 1.50 bits per heavy atom. The number of hydrogen-bond donors (Lipinski definition) is 2. The van der Waals surface area contributed by atoms with E-state index in [0.29, 0.717) is 0 Å². The number of unbranched alkanes of at least 4 members (excludes halogenated alkanes) is 4. The van der Waals surface area contributed by atoms with Crippen LogP contribution in [0.25, 0.3) is 0 Å². The molecule has 0 heterocycles.